The zero-order valence-corrected chi connectivity index (χ0v) is 12.6. The average Bonchev–Trinajstić information content (AvgIpc) is 3.03. The average molecular weight is 309 g/mol. The lowest BCUT2D eigenvalue weighted by molar-refractivity contribution is -0.121. The second kappa shape index (κ2) is 5.75. The van der Waals surface area contributed by atoms with E-state index in [1.54, 1.807) is 0 Å². The van der Waals surface area contributed by atoms with E-state index in [9.17, 15) is 13.2 Å². The third kappa shape index (κ3) is 3.25. The molecule has 1 amide bonds. The fourth-order valence-corrected chi connectivity index (χ4v) is 4.22. The maximum absolute atomic E-state index is 11.9. The first kappa shape index (κ1) is 14.5. The van der Waals surface area contributed by atoms with Crippen LogP contribution in [0.15, 0.2) is 18.2 Å². The molecule has 2 aliphatic rings. The number of sulfonamides is 1. The van der Waals surface area contributed by atoms with Crippen LogP contribution in [-0.2, 0) is 34.5 Å². The third-order valence-corrected chi connectivity index (χ3v) is 5.82. The van der Waals surface area contributed by atoms with E-state index in [2.05, 4.69) is 22.8 Å². The molecular weight excluding hydrogens is 290 g/mol. The summed E-state index contributed by atoms with van der Waals surface area (Å²) in [6.45, 7) is 2.56. The van der Waals surface area contributed by atoms with E-state index < -0.39 is 10.0 Å². The SMILES string of the molecule is O=C(CN1CCCS1(=O)=O)NCc1ccc2c(c1)CNC2. The Morgan fingerprint density at radius 2 is 2.10 bits per heavy atom. The normalized spacial score (nSPS) is 20.4. The van der Waals surface area contributed by atoms with Gasteiger partial charge in [-0.15, -0.1) is 0 Å². The molecule has 2 N–H and O–H groups in total. The summed E-state index contributed by atoms with van der Waals surface area (Å²) < 4.78 is 24.5. The zero-order valence-electron chi connectivity index (χ0n) is 11.8. The summed E-state index contributed by atoms with van der Waals surface area (Å²) in [5, 5.41) is 6.07. The molecule has 0 unspecified atom stereocenters. The molecule has 2 heterocycles. The highest BCUT2D eigenvalue weighted by Gasteiger charge is 2.29. The van der Waals surface area contributed by atoms with Gasteiger partial charge in [0.05, 0.1) is 12.3 Å². The zero-order chi connectivity index (χ0) is 14.9. The van der Waals surface area contributed by atoms with Crippen LogP contribution < -0.4 is 10.6 Å². The molecule has 6 nitrogen and oxygen atoms in total. The van der Waals surface area contributed by atoms with Crippen molar-refractivity contribution in [2.75, 3.05) is 18.8 Å². The topological polar surface area (TPSA) is 78.5 Å². The molecule has 21 heavy (non-hydrogen) atoms. The number of carbonyl (C=O) groups excluding carboxylic acids is 1. The Labute approximate surface area is 124 Å². The molecule has 0 bridgehead atoms. The van der Waals surface area contributed by atoms with Crippen LogP contribution in [0, 0.1) is 0 Å². The Morgan fingerprint density at radius 3 is 2.86 bits per heavy atom. The number of hydrogen-bond acceptors (Lipinski definition) is 4. The van der Waals surface area contributed by atoms with Crippen LogP contribution in [0.3, 0.4) is 0 Å². The van der Waals surface area contributed by atoms with E-state index >= 15 is 0 Å². The van der Waals surface area contributed by atoms with Gasteiger partial charge in [0.25, 0.3) is 0 Å². The van der Waals surface area contributed by atoms with Crippen LogP contribution in [0.1, 0.15) is 23.1 Å². The van der Waals surface area contributed by atoms with Crippen molar-refractivity contribution in [3.8, 4) is 0 Å². The molecule has 0 spiro atoms. The Bertz CT molecular complexity index is 657. The Morgan fingerprint density at radius 1 is 1.29 bits per heavy atom. The molecule has 1 fully saturated rings. The quantitative estimate of drug-likeness (QED) is 0.817. The smallest absolute Gasteiger partial charge is 0.235 e. The van der Waals surface area contributed by atoms with Crippen molar-refractivity contribution >= 4 is 15.9 Å². The standard InChI is InChI=1S/C14H19N3O3S/c18-14(10-17-4-1-5-21(17,19)20)16-7-11-2-3-12-8-15-9-13(12)6-11/h2-3,6,15H,1,4-5,7-10H2,(H,16,18). The molecular formula is C14H19N3O3S. The predicted octanol–water partition coefficient (Wildman–Crippen LogP) is -0.0585. The van der Waals surface area contributed by atoms with Crippen molar-refractivity contribution < 1.29 is 13.2 Å². The van der Waals surface area contributed by atoms with E-state index in [0.717, 1.165) is 18.7 Å². The van der Waals surface area contributed by atoms with Crippen LogP contribution in [0.2, 0.25) is 0 Å². The summed E-state index contributed by atoms with van der Waals surface area (Å²) in [4.78, 5) is 11.9. The van der Waals surface area contributed by atoms with Crippen LogP contribution in [0.4, 0.5) is 0 Å². The highest BCUT2D eigenvalue weighted by molar-refractivity contribution is 7.89. The van der Waals surface area contributed by atoms with Gasteiger partial charge in [-0.05, 0) is 23.1 Å². The predicted molar refractivity (Wildman–Crippen MR) is 78.8 cm³/mol. The van der Waals surface area contributed by atoms with Crippen molar-refractivity contribution in [1.29, 1.82) is 0 Å². The van der Waals surface area contributed by atoms with Gasteiger partial charge in [0, 0.05) is 26.2 Å². The lowest BCUT2D eigenvalue weighted by Crippen LogP contribution is -2.37. The van der Waals surface area contributed by atoms with Crippen molar-refractivity contribution in [2.45, 2.75) is 26.1 Å². The molecule has 1 aromatic rings. The first-order valence-electron chi connectivity index (χ1n) is 7.10. The van der Waals surface area contributed by atoms with E-state index in [1.165, 1.54) is 15.4 Å². The highest BCUT2D eigenvalue weighted by atomic mass is 32.2. The van der Waals surface area contributed by atoms with Crippen LogP contribution in [0.5, 0.6) is 0 Å². The number of fused-ring (bicyclic) bond motifs is 1. The van der Waals surface area contributed by atoms with E-state index in [1.807, 2.05) is 6.07 Å². The second-order valence-electron chi connectivity index (χ2n) is 5.49. The molecule has 0 radical (unpaired) electrons. The number of hydrogen-bond donors (Lipinski definition) is 2. The Hall–Kier alpha value is -1.44. The van der Waals surface area contributed by atoms with Crippen LogP contribution in [0.25, 0.3) is 0 Å². The van der Waals surface area contributed by atoms with Gasteiger partial charge in [0.15, 0.2) is 0 Å². The summed E-state index contributed by atoms with van der Waals surface area (Å²) in [6, 6.07) is 6.16. The Balaban J connectivity index is 1.54. The van der Waals surface area contributed by atoms with Gasteiger partial charge in [0.2, 0.25) is 15.9 Å². The number of carbonyl (C=O) groups is 1. The van der Waals surface area contributed by atoms with Crippen molar-refractivity contribution in [3.05, 3.63) is 34.9 Å². The van der Waals surface area contributed by atoms with Gasteiger partial charge < -0.3 is 10.6 Å². The maximum Gasteiger partial charge on any atom is 0.235 e. The van der Waals surface area contributed by atoms with Gasteiger partial charge >= 0.3 is 0 Å². The molecule has 0 aromatic heterocycles. The summed E-state index contributed by atoms with van der Waals surface area (Å²) in [7, 11) is -3.21. The Kier molecular flexibility index (Phi) is 3.97. The number of nitrogens with one attached hydrogen (secondary N) is 2. The van der Waals surface area contributed by atoms with Crippen molar-refractivity contribution in [1.82, 2.24) is 14.9 Å². The maximum atomic E-state index is 11.9. The van der Waals surface area contributed by atoms with Crippen LogP contribution >= 0.6 is 0 Å². The van der Waals surface area contributed by atoms with Gasteiger partial charge in [-0.2, -0.15) is 4.31 Å². The fraction of sp³-hybridized carbons (Fsp3) is 0.500. The third-order valence-electron chi connectivity index (χ3n) is 3.91. The monoisotopic (exact) mass is 309 g/mol. The summed E-state index contributed by atoms with van der Waals surface area (Å²) in [6.07, 6.45) is 0.605. The molecule has 1 aromatic carbocycles. The summed E-state index contributed by atoms with van der Waals surface area (Å²) >= 11 is 0. The summed E-state index contributed by atoms with van der Waals surface area (Å²) in [5.41, 5.74) is 3.60. The van der Waals surface area contributed by atoms with Gasteiger partial charge in [-0.3, -0.25) is 4.79 Å². The lowest BCUT2D eigenvalue weighted by Gasteiger charge is -2.14. The molecule has 0 aliphatic carbocycles. The molecule has 0 atom stereocenters. The minimum atomic E-state index is -3.21. The number of amides is 1. The van der Waals surface area contributed by atoms with Crippen molar-refractivity contribution in [2.24, 2.45) is 0 Å². The number of rotatable bonds is 4. The molecule has 114 valence electrons. The summed E-state index contributed by atoms with van der Waals surface area (Å²) in [5.74, 6) is -0.0999. The highest BCUT2D eigenvalue weighted by Crippen LogP contribution is 2.17. The molecule has 0 saturated carbocycles. The van der Waals surface area contributed by atoms with Gasteiger partial charge in [-0.1, -0.05) is 18.2 Å². The van der Waals surface area contributed by atoms with E-state index in [-0.39, 0.29) is 18.2 Å². The van der Waals surface area contributed by atoms with E-state index in [0.29, 0.717) is 19.5 Å². The second-order valence-corrected chi connectivity index (χ2v) is 7.57. The molecule has 3 rings (SSSR count). The molecule has 1 saturated heterocycles. The van der Waals surface area contributed by atoms with E-state index in [4.69, 9.17) is 0 Å². The molecule has 7 heteroatoms. The first-order valence-corrected chi connectivity index (χ1v) is 8.71. The van der Waals surface area contributed by atoms with Crippen LogP contribution in [-0.4, -0.2) is 37.5 Å². The van der Waals surface area contributed by atoms with Crippen molar-refractivity contribution in [3.63, 3.8) is 0 Å². The fourth-order valence-electron chi connectivity index (χ4n) is 2.74. The number of nitrogens with zero attached hydrogens (tertiary/aromatic N) is 1. The largest absolute Gasteiger partial charge is 0.351 e. The van der Waals surface area contributed by atoms with Gasteiger partial charge in [0.1, 0.15) is 0 Å². The molecule has 2 aliphatic heterocycles. The first-order chi connectivity index (χ1) is 10.0. The number of benzene rings is 1. The minimum Gasteiger partial charge on any atom is -0.351 e. The lowest BCUT2D eigenvalue weighted by atomic mass is 10.1. The minimum absolute atomic E-state index is 0.0746. The van der Waals surface area contributed by atoms with Gasteiger partial charge in [-0.25, -0.2) is 8.42 Å².